The highest BCUT2D eigenvalue weighted by Crippen LogP contribution is 2.56. The summed E-state index contributed by atoms with van der Waals surface area (Å²) in [4.78, 5) is 52.5. The summed E-state index contributed by atoms with van der Waals surface area (Å²) in [7, 11) is 0. The summed E-state index contributed by atoms with van der Waals surface area (Å²) < 4.78 is 15.2. The summed E-state index contributed by atoms with van der Waals surface area (Å²) in [5, 5.41) is 9.44. The van der Waals surface area contributed by atoms with Crippen molar-refractivity contribution in [3.05, 3.63) is 120 Å². The van der Waals surface area contributed by atoms with Gasteiger partial charge in [-0.1, -0.05) is 48.2 Å². The van der Waals surface area contributed by atoms with Crippen molar-refractivity contribution < 1.29 is 28.7 Å². The molecule has 2 aromatic heterocycles. The van der Waals surface area contributed by atoms with Crippen molar-refractivity contribution in [1.82, 2.24) is 29.4 Å². The van der Waals surface area contributed by atoms with E-state index in [1.807, 2.05) is 119 Å². The van der Waals surface area contributed by atoms with Gasteiger partial charge in [-0.15, -0.1) is 0 Å². The largest absolute Gasteiger partial charge is 0.457 e. The number of nitrogen functional groups attached to an aromatic ring is 2. The Morgan fingerprint density at radius 1 is 0.543 bits per heavy atom. The van der Waals surface area contributed by atoms with Gasteiger partial charge in [0.05, 0.1) is 12.1 Å². The van der Waals surface area contributed by atoms with Gasteiger partial charge in [-0.25, -0.2) is 9.36 Å². The molecule has 2 aliphatic heterocycles. The highest BCUT2D eigenvalue weighted by molar-refractivity contribution is 6.04. The number of nitrogens with zero attached hydrogens (tertiary/aromatic N) is 6. The lowest BCUT2D eigenvalue weighted by Crippen LogP contribution is -2.42. The first kappa shape index (κ1) is 46.6. The Labute approximate surface area is 405 Å². The second-order valence-corrected chi connectivity index (χ2v) is 18.5. The molecule has 16 nitrogen and oxygen atoms in total. The van der Waals surface area contributed by atoms with Crippen molar-refractivity contribution in [2.24, 2.45) is 22.3 Å². The van der Waals surface area contributed by atoms with Crippen molar-refractivity contribution >= 4 is 35.3 Å². The van der Waals surface area contributed by atoms with Crippen LogP contribution in [0.15, 0.2) is 109 Å². The van der Waals surface area contributed by atoms with Crippen molar-refractivity contribution in [1.29, 1.82) is 0 Å². The molecule has 356 valence electrons. The van der Waals surface area contributed by atoms with E-state index in [-0.39, 0.29) is 57.5 Å². The van der Waals surface area contributed by atoms with E-state index in [2.05, 4.69) is 23.7 Å². The van der Waals surface area contributed by atoms with Gasteiger partial charge >= 0.3 is 0 Å². The standard InChI is InChI=1S/2C27H27N5O3/c2*1-2-6-22(33)31-14-13-27(17-31)15-19(16-27)32-25(28)23(26(29)34)24(30-32)18-9-11-21(12-10-18)35-20-7-4-3-5-8-20/h2*3-5,7-12,19H,13-17,28H2,1H3,(H2,29,34). The van der Waals surface area contributed by atoms with Gasteiger partial charge in [0, 0.05) is 37.3 Å². The molecule has 6 aromatic rings. The second kappa shape index (κ2) is 19.2. The minimum absolute atomic E-state index is 0.0508. The average Bonchev–Trinajstić information content (AvgIpc) is 4.13. The predicted molar refractivity (Wildman–Crippen MR) is 265 cm³/mol. The average molecular weight is 939 g/mol. The van der Waals surface area contributed by atoms with Gasteiger partial charge in [-0.2, -0.15) is 10.2 Å². The summed E-state index contributed by atoms with van der Waals surface area (Å²) in [6.45, 7) is 6.14. The van der Waals surface area contributed by atoms with Gasteiger partial charge in [0.15, 0.2) is 0 Å². The number of hydrogen-bond donors (Lipinski definition) is 4. The number of benzene rings is 4. The molecule has 16 heteroatoms. The van der Waals surface area contributed by atoms with Crippen LogP contribution in [0, 0.1) is 34.5 Å². The summed E-state index contributed by atoms with van der Waals surface area (Å²) in [6, 6.07) is 33.8. The van der Waals surface area contributed by atoms with E-state index in [0.717, 1.165) is 61.2 Å². The Kier molecular flexibility index (Phi) is 12.8. The number of carbonyl (C=O) groups is 4. The van der Waals surface area contributed by atoms with Crippen LogP contribution in [0.3, 0.4) is 0 Å². The van der Waals surface area contributed by atoms with Gasteiger partial charge in [0.1, 0.15) is 57.1 Å². The van der Waals surface area contributed by atoms with Crippen LogP contribution in [-0.4, -0.2) is 79.2 Å². The summed E-state index contributed by atoms with van der Waals surface area (Å²) in [6.07, 6.45) is 5.21. The first-order valence-corrected chi connectivity index (χ1v) is 23.2. The molecular formula is C54H54N10O6. The van der Waals surface area contributed by atoms with Gasteiger partial charge in [-0.3, -0.25) is 19.2 Å². The molecule has 4 heterocycles. The molecule has 10 rings (SSSR count). The molecule has 4 aromatic carbocycles. The number of aromatic nitrogens is 4. The zero-order valence-corrected chi connectivity index (χ0v) is 39.1. The van der Waals surface area contributed by atoms with E-state index < -0.39 is 11.8 Å². The number of ether oxygens (including phenoxy) is 2. The third kappa shape index (κ3) is 9.36. The van der Waals surface area contributed by atoms with Crippen LogP contribution in [0.2, 0.25) is 0 Å². The molecule has 4 aliphatic rings. The second-order valence-electron chi connectivity index (χ2n) is 18.5. The molecule has 0 bridgehead atoms. The SMILES string of the molecule is CC#CC(=O)N1CCC2(CC(n3nc(-c4ccc(Oc5ccccc5)cc4)c(C(N)=O)c3N)C2)C1.CC#CC(=O)N1CCC2(CC(n3nc(-c4ccc(Oc5ccccc5)cc4)c(C(N)=O)c3N)C2)C1. The minimum Gasteiger partial charge on any atom is -0.457 e. The Hall–Kier alpha value is -8.50. The van der Waals surface area contributed by atoms with E-state index in [0.29, 0.717) is 49.1 Å². The zero-order chi connectivity index (χ0) is 49.2. The molecule has 0 atom stereocenters. The van der Waals surface area contributed by atoms with Crippen molar-refractivity contribution in [2.45, 2.75) is 64.5 Å². The number of nitrogens with two attached hydrogens (primary N) is 4. The smallest absolute Gasteiger partial charge is 0.298 e. The Balaban J connectivity index is 0.000000174. The maximum atomic E-state index is 12.3. The minimum atomic E-state index is -0.613. The number of likely N-dealkylation sites (tertiary alicyclic amines) is 2. The zero-order valence-electron chi connectivity index (χ0n) is 39.1. The molecule has 2 saturated heterocycles. The van der Waals surface area contributed by atoms with E-state index in [4.69, 9.17) is 42.6 Å². The fraction of sp³-hybridized carbons (Fsp3) is 0.296. The van der Waals surface area contributed by atoms with Gasteiger partial charge in [0.25, 0.3) is 23.6 Å². The lowest BCUT2D eigenvalue weighted by Gasteiger charge is -2.45. The predicted octanol–water partition coefficient (Wildman–Crippen LogP) is 7.20. The number of anilines is 2. The molecule has 70 heavy (non-hydrogen) atoms. The lowest BCUT2D eigenvalue weighted by atomic mass is 9.65. The summed E-state index contributed by atoms with van der Waals surface area (Å²) in [5.74, 6) is 12.5. The maximum absolute atomic E-state index is 12.3. The number of hydrogen-bond acceptors (Lipinski definition) is 10. The monoisotopic (exact) mass is 938 g/mol. The van der Waals surface area contributed by atoms with Crippen LogP contribution in [0.25, 0.3) is 22.5 Å². The molecule has 0 radical (unpaired) electrons. The third-order valence-electron chi connectivity index (χ3n) is 13.9. The number of carbonyl (C=O) groups excluding carboxylic acids is 4. The van der Waals surface area contributed by atoms with Gasteiger partial charge < -0.3 is 42.2 Å². The summed E-state index contributed by atoms with van der Waals surface area (Å²) in [5.41, 5.74) is 27.1. The number of para-hydroxylation sites is 2. The molecule has 2 spiro atoms. The molecule has 4 amide bonds. The van der Waals surface area contributed by atoms with Crippen LogP contribution in [0.5, 0.6) is 23.0 Å². The molecule has 8 N–H and O–H groups in total. The van der Waals surface area contributed by atoms with E-state index >= 15 is 0 Å². The van der Waals surface area contributed by atoms with Crippen molar-refractivity contribution in [2.75, 3.05) is 37.6 Å². The van der Waals surface area contributed by atoms with Crippen LogP contribution < -0.4 is 32.4 Å². The molecule has 2 aliphatic carbocycles. The van der Waals surface area contributed by atoms with Crippen molar-refractivity contribution in [3.8, 4) is 69.2 Å². The van der Waals surface area contributed by atoms with Crippen LogP contribution in [-0.2, 0) is 9.59 Å². The first-order chi connectivity index (χ1) is 33.8. The molecular weight excluding hydrogens is 885 g/mol. The van der Waals surface area contributed by atoms with Gasteiger partial charge in [0.2, 0.25) is 0 Å². The topological polar surface area (TPSA) is 233 Å². The highest BCUT2D eigenvalue weighted by Gasteiger charge is 2.52. The van der Waals surface area contributed by atoms with Crippen molar-refractivity contribution in [3.63, 3.8) is 0 Å². The fourth-order valence-electron chi connectivity index (χ4n) is 10.4. The molecule has 2 saturated carbocycles. The van der Waals surface area contributed by atoms with E-state index in [1.165, 1.54) is 0 Å². The Morgan fingerprint density at radius 2 is 0.886 bits per heavy atom. The van der Waals surface area contributed by atoms with Crippen LogP contribution in [0.4, 0.5) is 11.6 Å². The fourth-order valence-corrected chi connectivity index (χ4v) is 10.4. The number of rotatable bonds is 10. The summed E-state index contributed by atoms with van der Waals surface area (Å²) >= 11 is 0. The Morgan fingerprint density at radius 3 is 1.21 bits per heavy atom. The van der Waals surface area contributed by atoms with E-state index in [9.17, 15) is 19.2 Å². The number of amides is 4. The quantitative estimate of drug-likeness (QED) is 0.101. The normalized spacial score (nSPS) is 20.7. The van der Waals surface area contributed by atoms with Crippen LogP contribution >= 0.6 is 0 Å². The third-order valence-corrected chi connectivity index (χ3v) is 13.9. The highest BCUT2D eigenvalue weighted by atomic mass is 16.5. The first-order valence-electron chi connectivity index (χ1n) is 23.2. The molecule has 0 unspecified atom stereocenters. The molecule has 4 fully saturated rings. The number of primary amides is 2. The maximum Gasteiger partial charge on any atom is 0.298 e. The lowest BCUT2D eigenvalue weighted by molar-refractivity contribution is -0.125. The van der Waals surface area contributed by atoms with E-state index in [1.54, 1.807) is 23.2 Å². The van der Waals surface area contributed by atoms with Gasteiger partial charge in [-0.05, 0) is 148 Å². The van der Waals surface area contributed by atoms with Crippen LogP contribution in [0.1, 0.15) is 85.2 Å². The Bertz CT molecular complexity index is 2870.